The van der Waals surface area contributed by atoms with Crippen molar-refractivity contribution in [3.63, 3.8) is 0 Å². The van der Waals surface area contributed by atoms with E-state index in [4.69, 9.17) is 9.52 Å². The van der Waals surface area contributed by atoms with Crippen LogP contribution >= 0.6 is 0 Å². The summed E-state index contributed by atoms with van der Waals surface area (Å²) in [6.07, 6.45) is 0. The molecule has 118 valence electrons. The number of carbonyl (C=O) groups excluding carboxylic acids is 1. The highest BCUT2D eigenvalue weighted by Gasteiger charge is 2.27. The lowest BCUT2D eigenvalue weighted by Gasteiger charge is -2.17. The number of carboxylic acids is 1. The molecule has 3 N–H and O–H groups in total. The molecule has 0 aliphatic heterocycles. The van der Waals surface area contributed by atoms with E-state index in [2.05, 4.69) is 10.0 Å². The first-order valence-corrected chi connectivity index (χ1v) is 7.66. The molecule has 0 fully saturated rings. The SMILES string of the molecule is CNS(=O)(=O)c1cc(C(=O)N[C@@H](C(=O)O)C(C)C)c(C)o1. The number of carboxylic acid groups (broad SMARTS) is 1. The van der Waals surface area contributed by atoms with Crippen LogP contribution in [0.15, 0.2) is 15.6 Å². The highest BCUT2D eigenvalue weighted by Crippen LogP contribution is 2.19. The number of aryl methyl sites for hydroxylation is 1. The average molecular weight is 318 g/mol. The zero-order valence-electron chi connectivity index (χ0n) is 12.1. The van der Waals surface area contributed by atoms with Gasteiger partial charge in [0.2, 0.25) is 5.09 Å². The predicted octanol–water partition coefficient (Wildman–Crippen LogP) is 0.335. The van der Waals surface area contributed by atoms with Crippen LogP contribution in [0.3, 0.4) is 0 Å². The average Bonchev–Trinajstić information content (AvgIpc) is 2.77. The summed E-state index contributed by atoms with van der Waals surface area (Å²) < 4.78 is 30.3. The Kier molecular flexibility index (Phi) is 5.13. The fraction of sp³-hybridized carbons (Fsp3) is 0.500. The minimum atomic E-state index is -3.81. The number of nitrogens with one attached hydrogen (secondary N) is 2. The van der Waals surface area contributed by atoms with Crippen LogP contribution in [-0.2, 0) is 14.8 Å². The Balaban J connectivity index is 3.07. The van der Waals surface area contributed by atoms with E-state index >= 15 is 0 Å². The number of hydrogen-bond acceptors (Lipinski definition) is 5. The van der Waals surface area contributed by atoms with Crippen molar-refractivity contribution >= 4 is 21.9 Å². The predicted molar refractivity (Wildman–Crippen MR) is 73.4 cm³/mol. The Morgan fingerprint density at radius 2 is 1.90 bits per heavy atom. The number of carbonyl (C=O) groups is 2. The highest BCUT2D eigenvalue weighted by molar-refractivity contribution is 7.89. The quantitative estimate of drug-likeness (QED) is 0.694. The topological polar surface area (TPSA) is 126 Å². The van der Waals surface area contributed by atoms with Gasteiger partial charge in [0.15, 0.2) is 0 Å². The summed E-state index contributed by atoms with van der Waals surface area (Å²) in [6, 6.07) is -0.00779. The van der Waals surface area contributed by atoms with Crippen molar-refractivity contribution in [2.24, 2.45) is 5.92 Å². The lowest BCUT2D eigenvalue weighted by Crippen LogP contribution is -2.44. The molecule has 1 atom stereocenters. The first-order valence-electron chi connectivity index (χ1n) is 6.17. The molecule has 1 amide bonds. The van der Waals surface area contributed by atoms with Crippen molar-refractivity contribution in [1.82, 2.24) is 10.0 Å². The summed E-state index contributed by atoms with van der Waals surface area (Å²) in [5, 5.41) is 11.0. The third kappa shape index (κ3) is 3.82. The third-order valence-electron chi connectivity index (χ3n) is 2.89. The van der Waals surface area contributed by atoms with E-state index in [0.717, 1.165) is 6.07 Å². The summed E-state index contributed by atoms with van der Waals surface area (Å²) in [5.41, 5.74) is -0.0178. The molecule has 0 spiro atoms. The van der Waals surface area contributed by atoms with Gasteiger partial charge in [-0.05, 0) is 19.9 Å². The van der Waals surface area contributed by atoms with Gasteiger partial charge in [-0.2, -0.15) is 0 Å². The smallest absolute Gasteiger partial charge is 0.326 e. The fourth-order valence-corrected chi connectivity index (χ4v) is 2.35. The molecule has 1 heterocycles. The maximum Gasteiger partial charge on any atom is 0.326 e. The van der Waals surface area contributed by atoms with Gasteiger partial charge < -0.3 is 14.8 Å². The standard InChI is InChI=1S/C12H18N2O6S/c1-6(2)10(12(16)17)14-11(15)8-5-9(20-7(8)3)21(18,19)13-4/h5-6,10,13H,1-4H3,(H,14,15)(H,16,17)/t10-/m1/s1. The zero-order valence-corrected chi connectivity index (χ0v) is 12.9. The van der Waals surface area contributed by atoms with Crippen LogP contribution in [0, 0.1) is 12.8 Å². The van der Waals surface area contributed by atoms with Crippen molar-refractivity contribution in [2.45, 2.75) is 31.9 Å². The fourth-order valence-electron chi connectivity index (χ4n) is 1.65. The van der Waals surface area contributed by atoms with E-state index < -0.39 is 33.0 Å². The van der Waals surface area contributed by atoms with E-state index in [-0.39, 0.29) is 17.2 Å². The van der Waals surface area contributed by atoms with E-state index in [1.54, 1.807) is 13.8 Å². The lowest BCUT2D eigenvalue weighted by atomic mass is 10.0. The highest BCUT2D eigenvalue weighted by atomic mass is 32.2. The van der Waals surface area contributed by atoms with Crippen LogP contribution in [0.25, 0.3) is 0 Å². The normalized spacial score (nSPS) is 13.2. The summed E-state index contributed by atoms with van der Waals surface area (Å²) >= 11 is 0. The van der Waals surface area contributed by atoms with Gasteiger partial charge in [-0.3, -0.25) is 4.79 Å². The second-order valence-electron chi connectivity index (χ2n) is 4.78. The van der Waals surface area contributed by atoms with Gasteiger partial charge in [-0.15, -0.1) is 0 Å². The Morgan fingerprint density at radius 3 is 2.33 bits per heavy atom. The van der Waals surface area contributed by atoms with Crippen molar-refractivity contribution in [3.05, 3.63) is 17.4 Å². The second-order valence-corrected chi connectivity index (χ2v) is 6.59. The van der Waals surface area contributed by atoms with Crippen molar-refractivity contribution in [1.29, 1.82) is 0 Å². The maximum atomic E-state index is 12.1. The maximum absolute atomic E-state index is 12.1. The number of furan rings is 1. The van der Waals surface area contributed by atoms with Gasteiger partial charge in [-0.1, -0.05) is 13.8 Å². The number of sulfonamides is 1. The first kappa shape index (κ1) is 17.2. The molecule has 8 nitrogen and oxygen atoms in total. The van der Waals surface area contributed by atoms with Gasteiger partial charge in [-0.25, -0.2) is 17.9 Å². The molecule has 0 aliphatic carbocycles. The summed E-state index contributed by atoms with van der Waals surface area (Å²) in [7, 11) is -2.59. The number of aliphatic carboxylic acids is 1. The third-order valence-corrected chi connectivity index (χ3v) is 4.16. The van der Waals surface area contributed by atoms with Crippen LogP contribution in [0.2, 0.25) is 0 Å². The number of amides is 1. The van der Waals surface area contributed by atoms with Gasteiger partial charge in [0.25, 0.3) is 15.9 Å². The zero-order chi connectivity index (χ0) is 16.4. The van der Waals surface area contributed by atoms with Crippen LogP contribution < -0.4 is 10.0 Å². The Hall–Kier alpha value is -1.87. The monoisotopic (exact) mass is 318 g/mol. The van der Waals surface area contributed by atoms with Crippen LogP contribution in [0.5, 0.6) is 0 Å². The molecular formula is C12H18N2O6S. The molecule has 1 rings (SSSR count). The van der Waals surface area contributed by atoms with E-state index in [1.807, 2.05) is 0 Å². The second kappa shape index (κ2) is 6.27. The molecule has 0 radical (unpaired) electrons. The van der Waals surface area contributed by atoms with E-state index in [1.165, 1.54) is 14.0 Å². The molecule has 21 heavy (non-hydrogen) atoms. The molecule has 0 bridgehead atoms. The molecule has 0 aromatic carbocycles. The summed E-state index contributed by atoms with van der Waals surface area (Å²) in [6.45, 7) is 4.73. The molecule has 1 aromatic rings. The van der Waals surface area contributed by atoms with Crippen LogP contribution in [0.1, 0.15) is 30.0 Å². The van der Waals surface area contributed by atoms with Gasteiger partial charge in [0.1, 0.15) is 11.8 Å². The lowest BCUT2D eigenvalue weighted by molar-refractivity contribution is -0.140. The minimum absolute atomic E-state index is 0.0178. The Labute approximate surface area is 122 Å². The molecule has 1 aromatic heterocycles. The van der Waals surface area contributed by atoms with E-state index in [0.29, 0.717) is 0 Å². The largest absolute Gasteiger partial charge is 0.480 e. The van der Waals surface area contributed by atoms with Crippen molar-refractivity contribution in [2.75, 3.05) is 7.05 Å². The van der Waals surface area contributed by atoms with Crippen LogP contribution in [-0.4, -0.2) is 38.5 Å². The van der Waals surface area contributed by atoms with Crippen molar-refractivity contribution in [3.8, 4) is 0 Å². The molecule has 0 saturated heterocycles. The van der Waals surface area contributed by atoms with Gasteiger partial charge in [0, 0.05) is 6.07 Å². The number of rotatable bonds is 6. The molecule has 0 aliphatic rings. The number of hydrogen-bond donors (Lipinski definition) is 3. The van der Waals surface area contributed by atoms with Crippen molar-refractivity contribution < 1.29 is 27.5 Å². The molecule has 0 unspecified atom stereocenters. The summed E-state index contributed by atoms with van der Waals surface area (Å²) in [5.74, 6) is -2.09. The summed E-state index contributed by atoms with van der Waals surface area (Å²) in [4.78, 5) is 23.1. The van der Waals surface area contributed by atoms with Gasteiger partial charge in [0.05, 0.1) is 5.56 Å². The molecule has 9 heteroatoms. The molecule has 0 saturated carbocycles. The first-order chi connectivity index (χ1) is 9.60. The van der Waals surface area contributed by atoms with E-state index in [9.17, 15) is 18.0 Å². The molecular weight excluding hydrogens is 300 g/mol. The Bertz CT molecular complexity index is 647. The minimum Gasteiger partial charge on any atom is -0.480 e. The van der Waals surface area contributed by atoms with Crippen LogP contribution in [0.4, 0.5) is 0 Å². The van der Waals surface area contributed by atoms with Gasteiger partial charge >= 0.3 is 5.97 Å². The Morgan fingerprint density at radius 1 is 1.33 bits per heavy atom.